The highest BCUT2D eigenvalue weighted by Gasteiger charge is 2.20. The molecule has 20 heavy (non-hydrogen) atoms. The molecule has 0 heterocycles. The van der Waals surface area contributed by atoms with E-state index in [0.717, 1.165) is 0 Å². The van der Waals surface area contributed by atoms with Crippen molar-refractivity contribution >= 4 is 11.9 Å². The molecule has 0 spiro atoms. The smallest absolute Gasteiger partial charge is 0.320 e. The summed E-state index contributed by atoms with van der Waals surface area (Å²) in [4.78, 5) is 20.7. The van der Waals surface area contributed by atoms with Gasteiger partial charge in [-0.25, -0.2) is 0 Å². The first kappa shape index (κ1) is 21.2. The molecule has 0 aliphatic rings. The van der Waals surface area contributed by atoms with Crippen LogP contribution in [0.25, 0.3) is 0 Å². The number of carboxylic acid groups (broad SMARTS) is 2. The fourth-order valence-electron chi connectivity index (χ4n) is 1.56. The Kier molecular flexibility index (Phi) is 10.3. The third kappa shape index (κ3) is 13.3. The fraction of sp³-hybridized carbons (Fsp3) is 0.857. The van der Waals surface area contributed by atoms with Gasteiger partial charge in [0.25, 0.3) is 0 Å². The molecule has 6 heteroatoms. The van der Waals surface area contributed by atoms with Crippen LogP contribution < -0.4 is 11.1 Å². The van der Waals surface area contributed by atoms with E-state index in [0.29, 0.717) is 18.8 Å². The number of aliphatic carboxylic acids is 2. The molecule has 0 fully saturated rings. The molecule has 5 N–H and O–H groups in total. The molecule has 0 aromatic rings. The van der Waals surface area contributed by atoms with Crippen LogP contribution in [0, 0.1) is 11.3 Å². The summed E-state index contributed by atoms with van der Waals surface area (Å²) >= 11 is 0. The van der Waals surface area contributed by atoms with Gasteiger partial charge < -0.3 is 21.3 Å². The van der Waals surface area contributed by atoms with Gasteiger partial charge in [0, 0.05) is 0 Å². The van der Waals surface area contributed by atoms with Gasteiger partial charge in [-0.15, -0.1) is 0 Å². The van der Waals surface area contributed by atoms with Crippen LogP contribution in [0.4, 0.5) is 0 Å². The van der Waals surface area contributed by atoms with Gasteiger partial charge in [-0.1, -0.05) is 34.6 Å². The lowest BCUT2D eigenvalue weighted by Crippen LogP contribution is -2.34. The quantitative estimate of drug-likeness (QED) is 0.590. The van der Waals surface area contributed by atoms with Crippen LogP contribution in [-0.4, -0.2) is 41.3 Å². The summed E-state index contributed by atoms with van der Waals surface area (Å²) < 4.78 is 0. The average Bonchev–Trinajstić information content (AvgIpc) is 2.23. The lowest BCUT2D eigenvalue weighted by Gasteiger charge is -2.20. The van der Waals surface area contributed by atoms with E-state index in [2.05, 4.69) is 5.32 Å². The van der Waals surface area contributed by atoms with Crippen molar-refractivity contribution in [1.29, 1.82) is 0 Å². The maximum atomic E-state index is 10.4. The Morgan fingerprint density at radius 3 is 1.70 bits per heavy atom. The molecule has 0 rings (SSSR count). The van der Waals surface area contributed by atoms with Crippen LogP contribution in [-0.2, 0) is 9.59 Å². The van der Waals surface area contributed by atoms with Crippen LogP contribution in [0.5, 0.6) is 0 Å². The first-order valence-electron chi connectivity index (χ1n) is 6.79. The van der Waals surface area contributed by atoms with Gasteiger partial charge in [-0.3, -0.25) is 9.59 Å². The Labute approximate surface area is 121 Å². The molecule has 0 amide bonds. The maximum Gasteiger partial charge on any atom is 0.320 e. The number of rotatable bonds is 6. The first-order chi connectivity index (χ1) is 8.90. The Hall–Kier alpha value is -1.14. The Morgan fingerprint density at radius 1 is 1.15 bits per heavy atom. The predicted octanol–water partition coefficient (Wildman–Crippen LogP) is 1.54. The standard InChI is InChI=1S/2C7H15NO2/c1-7(2,3)4-5(8)6(9)10;1-5(2)4-6(8-3)7(9)10/h5H,4,8H2,1-3H3,(H,9,10);5-6,8H,4H2,1-3H3,(H,9,10)/t5-;6-/m00/s1. The Bertz CT molecular complexity index is 298. The zero-order valence-corrected chi connectivity index (χ0v) is 13.4. The molecule has 2 atom stereocenters. The number of hydrogen-bond donors (Lipinski definition) is 4. The van der Waals surface area contributed by atoms with E-state index >= 15 is 0 Å². The largest absolute Gasteiger partial charge is 0.480 e. The van der Waals surface area contributed by atoms with E-state index in [9.17, 15) is 9.59 Å². The number of nitrogens with one attached hydrogen (secondary N) is 1. The van der Waals surface area contributed by atoms with Crippen molar-refractivity contribution in [2.75, 3.05) is 7.05 Å². The van der Waals surface area contributed by atoms with E-state index < -0.39 is 18.0 Å². The second kappa shape index (κ2) is 9.72. The number of hydrogen-bond acceptors (Lipinski definition) is 4. The predicted molar refractivity (Wildman–Crippen MR) is 79.6 cm³/mol. The summed E-state index contributed by atoms with van der Waals surface area (Å²) in [6.07, 6.45) is 1.20. The molecule has 0 aliphatic heterocycles. The van der Waals surface area contributed by atoms with E-state index in [1.54, 1.807) is 7.05 Å². The molecular formula is C14H30N2O4. The van der Waals surface area contributed by atoms with Crippen LogP contribution in [0.3, 0.4) is 0 Å². The van der Waals surface area contributed by atoms with E-state index in [1.807, 2.05) is 34.6 Å². The number of carboxylic acids is 2. The number of nitrogens with two attached hydrogens (primary N) is 1. The van der Waals surface area contributed by atoms with Gasteiger partial charge >= 0.3 is 11.9 Å². The van der Waals surface area contributed by atoms with Gasteiger partial charge in [-0.2, -0.15) is 0 Å². The monoisotopic (exact) mass is 290 g/mol. The van der Waals surface area contributed by atoms with E-state index in [4.69, 9.17) is 15.9 Å². The highest BCUT2D eigenvalue weighted by atomic mass is 16.4. The van der Waals surface area contributed by atoms with Crippen LogP contribution >= 0.6 is 0 Å². The summed E-state index contributed by atoms with van der Waals surface area (Å²) in [7, 11) is 1.67. The van der Waals surface area contributed by atoms with Gasteiger partial charge in [0.05, 0.1) is 0 Å². The van der Waals surface area contributed by atoms with Crippen molar-refractivity contribution in [2.24, 2.45) is 17.1 Å². The molecule has 120 valence electrons. The molecule has 0 aliphatic carbocycles. The lowest BCUT2D eigenvalue weighted by atomic mass is 9.88. The molecule has 0 radical (unpaired) electrons. The van der Waals surface area contributed by atoms with Gasteiger partial charge in [0.1, 0.15) is 12.1 Å². The molecule has 6 nitrogen and oxygen atoms in total. The Morgan fingerprint density at radius 2 is 1.60 bits per heavy atom. The zero-order valence-electron chi connectivity index (χ0n) is 13.4. The minimum Gasteiger partial charge on any atom is -0.480 e. The van der Waals surface area contributed by atoms with Crippen molar-refractivity contribution in [3.05, 3.63) is 0 Å². The Balaban J connectivity index is 0. The van der Waals surface area contributed by atoms with Crippen molar-refractivity contribution in [3.63, 3.8) is 0 Å². The summed E-state index contributed by atoms with van der Waals surface area (Å²) in [6.45, 7) is 9.92. The summed E-state index contributed by atoms with van der Waals surface area (Å²) in [5.74, 6) is -1.26. The van der Waals surface area contributed by atoms with E-state index in [-0.39, 0.29) is 11.5 Å². The highest BCUT2D eigenvalue weighted by molar-refractivity contribution is 5.73. The van der Waals surface area contributed by atoms with Crippen molar-refractivity contribution < 1.29 is 19.8 Å². The SMILES string of the molecule is CC(C)(C)C[C@H](N)C(=O)O.CN[C@@H](CC(C)C)C(=O)O. The molecular weight excluding hydrogens is 260 g/mol. The zero-order chi connectivity index (χ0) is 16.5. The summed E-state index contributed by atoms with van der Waals surface area (Å²) in [6, 6.07) is -1.11. The van der Waals surface area contributed by atoms with Gasteiger partial charge in [0.2, 0.25) is 0 Å². The van der Waals surface area contributed by atoms with Crippen molar-refractivity contribution in [1.82, 2.24) is 5.32 Å². The number of carbonyl (C=O) groups is 2. The molecule has 0 aromatic carbocycles. The third-order valence-electron chi connectivity index (χ3n) is 2.50. The first-order valence-corrected chi connectivity index (χ1v) is 6.79. The highest BCUT2D eigenvalue weighted by Crippen LogP contribution is 2.19. The maximum absolute atomic E-state index is 10.4. The fourth-order valence-corrected chi connectivity index (χ4v) is 1.56. The topological polar surface area (TPSA) is 113 Å². The van der Waals surface area contributed by atoms with Crippen molar-refractivity contribution in [3.8, 4) is 0 Å². The van der Waals surface area contributed by atoms with Crippen LogP contribution in [0.2, 0.25) is 0 Å². The van der Waals surface area contributed by atoms with Crippen LogP contribution in [0.1, 0.15) is 47.5 Å². The number of likely N-dealkylation sites (N-methyl/N-ethyl adjacent to an activating group) is 1. The third-order valence-corrected chi connectivity index (χ3v) is 2.50. The molecule has 0 bridgehead atoms. The van der Waals surface area contributed by atoms with Crippen LogP contribution in [0.15, 0.2) is 0 Å². The van der Waals surface area contributed by atoms with E-state index in [1.165, 1.54) is 0 Å². The lowest BCUT2D eigenvalue weighted by molar-refractivity contribution is -0.140. The minimum atomic E-state index is -0.921. The minimum absolute atomic E-state index is 0.00218. The second-order valence-corrected chi connectivity index (χ2v) is 6.52. The molecule has 0 unspecified atom stereocenters. The summed E-state index contributed by atoms with van der Waals surface area (Å²) in [5.41, 5.74) is 5.30. The van der Waals surface area contributed by atoms with Gasteiger partial charge in [0.15, 0.2) is 0 Å². The average molecular weight is 290 g/mol. The van der Waals surface area contributed by atoms with Crippen molar-refractivity contribution in [2.45, 2.75) is 59.5 Å². The second-order valence-electron chi connectivity index (χ2n) is 6.52. The molecule has 0 saturated heterocycles. The normalized spacial score (nSPS) is 14.2. The molecule has 0 saturated carbocycles. The van der Waals surface area contributed by atoms with Gasteiger partial charge in [-0.05, 0) is 31.2 Å². The summed E-state index contributed by atoms with van der Waals surface area (Å²) in [5, 5.41) is 19.7. The molecule has 0 aromatic heterocycles.